The zero-order valence-electron chi connectivity index (χ0n) is 15.9. The average Bonchev–Trinajstić information content (AvgIpc) is 3.45. The Hall–Kier alpha value is -2.61. The fraction of sp³-hybridized carbons (Fsp3) is 0.526. The highest BCUT2D eigenvalue weighted by molar-refractivity contribution is 5.60. The molecule has 2 aliphatic rings. The third kappa shape index (κ3) is 4.39. The van der Waals surface area contributed by atoms with Crippen LogP contribution in [0.4, 0.5) is 17.6 Å². The molecule has 1 saturated heterocycles. The third-order valence-corrected chi connectivity index (χ3v) is 5.20. The Morgan fingerprint density at radius 1 is 1.00 bits per heavy atom. The van der Waals surface area contributed by atoms with Gasteiger partial charge in [0.2, 0.25) is 5.95 Å². The fourth-order valence-corrected chi connectivity index (χ4v) is 3.53. The van der Waals surface area contributed by atoms with Crippen LogP contribution in [-0.2, 0) is 0 Å². The molecule has 0 aromatic carbocycles. The summed E-state index contributed by atoms with van der Waals surface area (Å²) < 4.78 is 1.93. The number of aromatic nitrogens is 5. The normalized spacial score (nSPS) is 17.7. The van der Waals surface area contributed by atoms with Gasteiger partial charge >= 0.3 is 0 Å². The Labute approximate surface area is 159 Å². The van der Waals surface area contributed by atoms with Crippen LogP contribution in [0, 0.1) is 0 Å². The number of hydrogen-bond acceptors (Lipinski definition) is 6. The van der Waals surface area contributed by atoms with Crippen LogP contribution in [-0.4, -0.2) is 62.7 Å². The van der Waals surface area contributed by atoms with Crippen LogP contribution in [0.2, 0.25) is 0 Å². The van der Waals surface area contributed by atoms with E-state index in [1.54, 1.807) is 12.4 Å². The van der Waals surface area contributed by atoms with Crippen molar-refractivity contribution in [1.29, 1.82) is 0 Å². The van der Waals surface area contributed by atoms with Crippen molar-refractivity contribution in [3.05, 3.63) is 30.7 Å². The summed E-state index contributed by atoms with van der Waals surface area (Å²) in [6, 6.07) is 3.90. The van der Waals surface area contributed by atoms with E-state index >= 15 is 0 Å². The zero-order chi connectivity index (χ0) is 18.5. The highest BCUT2D eigenvalue weighted by Crippen LogP contribution is 2.21. The molecule has 144 valence electrons. The molecule has 4 heterocycles. The first-order chi connectivity index (χ1) is 13.3. The molecule has 1 aliphatic heterocycles. The Balaban J connectivity index is 0.000000314. The lowest BCUT2D eigenvalue weighted by molar-refractivity contribution is 0.312. The number of piperazine rings is 1. The van der Waals surface area contributed by atoms with E-state index in [-0.39, 0.29) is 0 Å². The first-order valence-corrected chi connectivity index (χ1v) is 9.83. The van der Waals surface area contributed by atoms with Gasteiger partial charge in [-0.2, -0.15) is 10.1 Å². The third-order valence-electron chi connectivity index (χ3n) is 5.20. The minimum atomic E-state index is 0.730. The van der Waals surface area contributed by atoms with Crippen molar-refractivity contribution in [3.63, 3.8) is 0 Å². The minimum absolute atomic E-state index is 0.730. The van der Waals surface area contributed by atoms with Crippen molar-refractivity contribution in [1.82, 2.24) is 29.5 Å². The van der Waals surface area contributed by atoms with Crippen LogP contribution in [0.15, 0.2) is 30.7 Å². The van der Waals surface area contributed by atoms with Gasteiger partial charge in [0.05, 0.1) is 6.20 Å². The van der Waals surface area contributed by atoms with E-state index in [1.165, 1.54) is 32.1 Å². The maximum atomic E-state index is 4.77. The van der Waals surface area contributed by atoms with E-state index < -0.39 is 0 Å². The number of rotatable bonds is 3. The number of H-pyrrole nitrogens is 1. The van der Waals surface area contributed by atoms with Crippen molar-refractivity contribution >= 4 is 23.2 Å². The molecule has 1 aliphatic carbocycles. The van der Waals surface area contributed by atoms with Crippen LogP contribution in [0.25, 0.3) is 5.65 Å². The summed E-state index contributed by atoms with van der Waals surface area (Å²) in [7, 11) is 2.15. The largest absolute Gasteiger partial charge is 0.354 e. The van der Waals surface area contributed by atoms with Crippen molar-refractivity contribution in [2.75, 3.05) is 43.4 Å². The highest BCUT2D eigenvalue weighted by Gasteiger charge is 2.17. The summed E-state index contributed by atoms with van der Waals surface area (Å²) >= 11 is 0. The molecule has 0 amide bonds. The summed E-state index contributed by atoms with van der Waals surface area (Å²) in [6.45, 7) is 4.04. The topological polar surface area (TPSA) is 77.4 Å². The lowest BCUT2D eigenvalue weighted by Crippen LogP contribution is -2.44. The lowest BCUT2D eigenvalue weighted by Gasteiger charge is -2.33. The number of anilines is 3. The van der Waals surface area contributed by atoms with Gasteiger partial charge in [0.25, 0.3) is 0 Å². The van der Waals surface area contributed by atoms with Gasteiger partial charge in [-0.05, 0) is 7.05 Å². The number of likely N-dealkylation sites (N-methyl/N-ethyl adjacent to an activating group) is 1. The molecule has 8 heteroatoms. The average molecular weight is 368 g/mol. The van der Waals surface area contributed by atoms with Crippen LogP contribution < -0.4 is 10.2 Å². The molecule has 0 unspecified atom stereocenters. The molecular formula is C19H28N8. The molecular weight excluding hydrogens is 340 g/mol. The molecule has 2 fully saturated rings. The Bertz CT molecular complexity index is 821. The van der Waals surface area contributed by atoms with Gasteiger partial charge < -0.3 is 15.1 Å². The second-order valence-corrected chi connectivity index (χ2v) is 7.25. The van der Waals surface area contributed by atoms with Gasteiger partial charge in [-0.1, -0.05) is 32.1 Å². The highest BCUT2D eigenvalue weighted by atomic mass is 15.3. The number of nitrogens with zero attached hydrogens (tertiary/aromatic N) is 6. The van der Waals surface area contributed by atoms with Crippen molar-refractivity contribution in [2.24, 2.45) is 0 Å². The van der Waals surface area contributed by atoms with E-state index in [1.807, 2.05) is 22.7 Å². The molecule has 0 atom stereocenters. The monoisotopic (exact) mass is 368 g/mol. The van der Waals surface area contributed by atoms with Crippen molar-refractivity contribution < 1.29 is 0 Å². The molecule has 0 bridgehead atoms. The predicted octanol–water partition coefficient (Wildman–Crippen LogP) is 2.90. The van der Waals surface area contributed by atoms with Gasteiger partial charge in [-0.15, -0.1) is 0 Å². The SMILES string of the molecule is C1CCCC1.CN1CCN(c2cc3nccn3c(Nc3ccn[nH]3)n2)CC1. The second kappa shape index (κ2) is 8.39. The Morgan fingerprint density at radius 2 is 1.74 bits per heavy atom. The molecule has 8 nitrogen and oxygen atoms in total. The maximum Gasteiger partial charge on any atom is 0.216 e. The Morgan fingerprint density at radius 3 is 2.41 bits per heavy atom. The van der Waals surface area contributed by atoms with Crippen molar-refractivity contribution in [3.8, 4) is 0 Å². The predicted molar refractivity (Wildman–Crippen MR) is 108 cm³/mol. The van der Waals surface area contributed by atoms with E-state index in [4.69, 9.17) is 4.98 Å². The van der Waals surface area contributed by atoms with Gasteiger partial charge in [0.1, 0.15) is 17.3 Å². The van der Waals surface area contributed by atoms with Crippen LogP contribution in [0.1, 0.15) is 32.1 Å². The first-order valence-electron chi connectivity index (χ1n) is 9.83. The molecule has 3 aromatic heterocycles. The summed E-state index contributed by atoms with van der Waals surface area (Å²) in [5.74, 6) is 2.49. The van der Waals surface area contributed by atoms with Gasteiger partial charge in [-0.25, -0.2) is 4.98 Å². The minimum Gasteiger partial charge on any atom is -0.354 e. The summed E-state index contributed by atoms with van der Waals surface area (Å²) in [4.78, 5) is 13.8. The summed E-state index contributed by atoms with van der Waals surface area (Å²) in [5, 5.41) is 10.1. The molecule has 27 heavy (non-hydrogen) atoms. The molecule has 0 radical (unpaired) electrons. The summed E-state index contributed by atoms with van der Waals surface area (Å²) in [6.07, 6.45) is 12.9. The number of nitrogens with one attached hydrogen (secondary N) is 2. The lowest BCUT2D eigenvalue weighted by atomic mass is 10.3. The molecule has 5 rings (SSSR count). The van der Waals surface area contributed by atoms with E-state index in [2.05, 4.69) is 37.3 Å². The first kappa shape index (κ1) is 17.8. The van der Waals surface area contributed by atoms with Crippen molar-refractivity contribution in [2.45, 2.75) is 32.1 Å². The van der Waals surface area contributed by atoms with Gasteiger partial charge in [0, 0.05) is 50.7 Å². The maximum absolute atomic E-state index is 4.77. The number of fused-ring (bicyclic) bond motifs is 1. The van der Waals surface area contributed by atoms with E-state index in [0.29, 0.717) is 0 Å². The number of imidazole rings is 1. The van der Waals surface area contributed by atoms with E-state index in [9.17, 15) is 0 Å². The molecule has 2 N–H and O–H groups in total. The van der Waals surface area contributed by atoms with Gasteiger partial charge in [-0.3, -0.25) is 9.50 Å². The van der Waals surface area contributed by atoms with E-state index in [0.717, 1.165) is 49.4 Å². The standard InChI is InChI=1S/C14H18N8.C5H10/c1-20-6-8-21(9-7-20)13-10-12-15-4-5-22(12)14(18-13)17-11-2-3-16-19-11;1-2-4-5-3-1/h2-5,10H,6-9H2,1H3,(H2,16,17,18,19);1-5H2. The van der Waals surface area contributed by atoms with Crippen LogP contribution >= 0.6 is 0 Å². The number of hydrogen-bond donors (Lipinski definition) is 2. The molecule has 1 saturated carbocycles. The molecule has 0 spiro atoms. The molecule has 3 aromatic rings. The fourth-order valence-electron chi connectivity index (χ4n) is 3.53. The second-order valence-electron chi connectivity index (χ2n) is 7.25. The van der Waals surface area contributed by atoms with Crippen LogP contribution in [0.3, 0.4) is 0 Å². The number of aromatic amines is 1. The quantitative estimate of drug-likeness (QED) is 0.740. The van der Waals surface area contributed by atoms with Crippen LogP contribution in [0.5, 0.6) is 0 Å². The van der Waals surface area contributed by atoms with Gasteiger partial charge in [0.15, 0.2) is 0 Å². The zero-order valence-corrected chi connectivity index (χ0v) is 15.9. The smallest absolute Gasteiger partial charge is 0.216 e. The summed E-state index contributed by atoms with van der Waals surface area (Å²) in [5.41, 5.74) is 0.881. The Kier molecular flexibility index (Phi) is 5.53.